The van der Waals surface area contributed by atoms with Crippen molar-refractivity contribution in [3.05, 3.63) is 0 Å². The standard InChI is InChI=1S/C24H37N6O5/c31-18-25-13-7-1-3-9-15-28-21-29(16-10-4-2-8-14-26-19-32)24(35)30(23(28)34)17-11-5-6-12-22(30)27-20-33/h22H,1-17,21H2/q+1. The lowest BCUT2D eigenvalue weighted by Crippen LogP contribution is -2.74. The summed E-state index contributed by atoms with van der Waals surface area (Å²) in [6.07, 6.45) is 13.5. The van der Waals surface area contributed by atoms with Gasteiger partial charge in [-0.25, -0.2) is 34.0 Å². The second-order valence-electron chi connectivity index (χ2n) is 9.15. The number of urea groups is 2. The average Bonchev–Trinajstić information content (AvgIpc) is 3.07. The van der Waals surface area contributed by atoms with E-state index in [1.807, 2.05) is 0 Å². The second kappa shape index (κ2) is 15.8. The molecule has 1 unspecified atom stereocenters. The van der Waals surface area contributed by atoms with Crippen LogP contribution >= 0.6 is 0 Å². The van der Waals surface area contributed by atoms with Crippen LogP contribution in [0, 0.1) is 0 Å². The predicted molar refractivity (Wildman–Crippen MR) is 127 cm³/mol. The molecule has 11 nitrogen and oxygen atoms in total. The summed E-state index contributed by atoms with van der Waals surface area (Å²) in [6, 6.07) is -0.538. The molecule has 0 aliphatic carbocycles. The van der Waals surface area contributed by atoms with E-state index in [0.29, 0.717) is 39.1 Å². The van der Waals surface area contributed by atoms with Crippen molar-refractivity contribution < 1.29 is 28.5 Å². The fraction of sp³-hybridized carbons (Fsp3) is 0.792. The topological polar surface area (TPSA) is 129 Å². The zero-order valence-electron chi connectivity index (χ0n) is 20.5. The third-order valence-corrected chi connectivity index (χ3v) is 6.77. The number of imide groups is 1. The summed E-state index contributed by atoms with van der Waals surface area (Å²) in [5.74, 6) is 0. The summed E-state index contributed by atoms with van der Waals surface area (Å²) in [7, 11) is 0. The number of rotatable bonds is 15. The van der Waals surface area contributed by atoms with E-state index in [4.69, 9.17) is 0 Å². The monoisotopic (exact) mass is 489 g/mol. The van der Waals surface area contributed by atoms with Crippen LogP contribution in [-0.2, 0) is 14.4 Å². The van der Waals surface area contributed by atoms with Gasteiger partial charge in [0.2, 0.25) is 24.4 Å². The SMILES string of the molecule is O=C=NCCCCCCN1CN(CCCCCCN=C=O)C(=O)[N+]2(CCCCCC2N=C=O)C1=O. The van der Waals surface area contributed by atoms with Crippen LogP contribution in [0.1, 0.15) is 77.0 Å². The normalized spacial score (nSPS) is 22.2. The van der Waals surface area contributed by atoms with Gasteiger partial charge < -0.3 is 0 Å². The Kier molecular flexibility index (Phi) is 12.8. The molecular formula is C24H37N6O5+. The Morgan fingerprint density at radius 2 is 1.26 bits per heavy atom. The smallest absolute Gasteiger partial charge is 0.274 e. The number of carbonyl (C=O) groups excluding carboxylic acids is 5. The van der Waals surface area contributed by atoms with Crippen molar-refractivity contribution in [1.29, 1.82) is 0 Å². The third-order valence-electron chi connectivity index (χ3n) is 6.77. The van der Waals surface area contributed by atoms with Crippen molar-refractivity contribution in [2.24, 2.45) is 15.0 Å². The van der Waals surface area contributed by atoms with E-state index < -0.39 is 10.6 Å². The van der Waals surface area contributed by atoms with Crippen LogP contribution in [0.3, 0.4) is 0 Å². The minimum Gasteiger partial charge on any atom is -0.274 e. The van der Waals surface area contributed by atoms with Gasteiger partial charge in [-0.2, -0.15) is 0 Å². The Hall–Kier alpha value is -2.96. The molecule has 2 aliphatic rings. The highest BCUT2D eigenvalue weighted by Crippen LogP contribution is 2.33. The zero-order chi connectivity index (χ0) is 25.4. The minimum absolute atomic E-state index is 0.236. The minimum atomic E-state index is -0.734. The van der Waals surface area contributed by atoms with Crippen LogP contribution in [0.15, 0.2) is 15.0 Å². The van der Waals surface area contributed by atoms with Gasteiger partial charge in [-0.05, 0) is 44.9 Å². The average molecular weight is 490 g/mol. The molecule has 2 rings (SSSR count). The van der Waals surface area contributed by atoms with E-state index in [2.05, 4.69) is 15.0 Å². The van der Waals surface area contributed by atoms with Gasteiger partial charge in [-0.1, -0.05) is 25.7 Å². The number of hydrogen-bond acceptors (Lipinski definition) is 8. The molecule has 0 saturated carbocycles. The van der Waals surface area contributed by atoms with Crippen LogP contribution < -0.4 is 0 Å². The molecule has 1 spiro atoms. The zero-order valence-corrected chi connectivity index (χ0v) is 20.5. The third kappa shape index (κ3) is 8.05. The quantitative estimate of drug-likeness (QED) is 0.150. The Bertz CT molecular complexity index is 797. The highest BCUT2D eigenvalue weighted by Gasteiger charge is 2.59. The number of hydrogen-bond donors (Lipinski definition) is 0. The maximum atomic E-state index is 13.7. The molecule has 2 fully saturated rings. The number of nitrogens with zero attached hydrogens (tertiary/aromatic N) is 6. The number of isocyanates is 3. The molecule has 0 radical (unpaired) electrons. The van der Waals surface area contributed by atoms with Crippen molar-refractivity contribution in [3.8, 4) is 0 Å². The van der Waals surface area contributed by atoms with Crippen molar-refractivity contribution in [2.75, 3.05) is 39.4 Å². The van der Waals surface area contributed by atoms with Gasteiger partial charge in [0.25, 0.3) is 0 Å². The second-order valence-corrected chi connectivity index (χ2v) is 9.15. The lowest BCUT2D eigenvalue weighted by Gasteiger charge is -2.46. The van der Waals surface area contributed by atoms with Crippen LogP contribution in [0.4, 0.5) is 9.59 Å². The van der Waals surface area contributed by atoms with Gasteiger partial charge in [0.1, 0.15) is 6.67 Å². The fourth-order valence-corrected chi connectivity index (χ4v) is 4.94. The maximum Gasteiger partial charge on any atom is 0.431 e. The summed E-state index contributed by atoms with van der Waals surface area (Å²) >= 11 is 0. The Morgan fingerprint density at radius 1 is 0.714 bits per heavy atom. The van der Waals surface area contributed by atoms with Gasteiger partial charge in [0.05, 0.1) is 19.6 Å². The molecule has 0 N–H and O–H groups in total. The predicted octanol–water partition coefficient (Wildman–Crippen LogP) is 3.65. The van der Waals surface area contributed by atoms with Crippen molar-refractivity contribution >= 4 is 30.3 Å². The number of amides is 4. The summed E-state index contributed by atoms with van der Waals surface area (Å²) in [6.45, 7) is 2.53. The highest BCUT2D eigenvalue weighted by atomic mass is 16.2. The summed E-state index contributed by atoms with van der Waals surface area (Å²) in [5.41, 5.74) is 0. The molecule has 2 saturated heterocycles. The van der Waals surface area contributed by atoms with Gasteiger partial charge in [0.15, 0.2) is 0 Å². The molecule has 2 aliphatic heterocycles. The van der Waals surface area contributed by atoms with E-state index in [9.17, 15) is 24.0 Å². The Morgan fingerprint density at radius 3 is 1.77 bits per heavy atom. The van der Waals surface area contributed by atoms with E-state index in [1.54, 1.807) is 15.9 Å². The van der Waals surface area contributed by atoms with E-state index >= 15 is 0 Å². The van der Waals surface area contributed by atoms with Gasteiger partial charge in [0, 0.05) is 19.5 Å². The van der Waals surface area contributed by atoms with E-state index in [1.165, 1.54) is 12.2 Å². The van der Waals surface area contributed by atoms with Crippen molar-refractivity contribution in [1.82, 2.24) is 9.80 Å². The van der Waals surface area contributed by atoms with Crippen molar-refractivity contribution in [2.45, 2.75) is 83.2 Å². The molecule has 0 aromatic heterocycles. The molecule has 0 aromatic carbocycles. The molecule has 192 valence electrons. The molecule has 1 atom stereocenters. The Labute approximate surface area is 206 Å². The number of quaternary nitrogens is 1. The van der Waals surface area contributed by atoms with Gasteiger partial charge in [-0.15, -0.1) is 9.48 Å². The summed E-state index contributed by atoms with van der Waals surface area (Å²) in [5, 5.41) is 0. The number of carbonyl (C=O) groups is 2. The highest BCUT2D eigenvalue weighted by molar-refractivity contribution is 5.85. The summed E-state index contributed by atoms with van der Waals surface area (Å²) < 4.78 is -0.447. The van der Waals surface area contributed by atoms with E-state index in [-0.39, 0.29) is 18.7 Å². The van der Waals surface area contributed by atoms with Gasteiger partial charge >= 0.3 is 12.1 Å². The molecule has 2 heterocycles. The maximum absolute atomic E-state index is 13.7. The molecule has 0 aromatic rings. The van der Waals surface area contributed by atoms with Crippen LogP contribution in [0.2, 0.25) is 0 Å². The number of unbranched alkanes of at least 4 members (excludes halogenated alkanes) is 6. The lowest BCUT2D eigenvalue weighted by atomic mass is 10.1. The Balaban J connectivity index is 2.10. The molecular weight excluding hydrogens is 452 g/mol. The largest absolute Gasteiger partial charge is 0.431 e. The van der Waals surface area contributed by atoms with Crippen molar-refractivity contribution in [3.63, 3.8) is 0 Å². The molecule has 0 bridgehead atoms. The van der Waals surface area contributed by atoms with Crippen LogP contribution in [-0.4, -0.2) is 90.1 Å². The lowest BCUT2D eigenvalue weighted by molar-refractivity contribution is -0.807. The first-order valence-electron chi connectivity index (χ1n) is 12.7. The van der Waals surface area contributed by atoms with Gasteiger partial charge in [-0.3, -0.25) is 9.80 Å². The first kappa shape index (κ1) is 28.3. The molecule has 11 heteroatoms. The fourth-order valence-electron chi connectivity index (χ4n) is 4.94. The van der Waals surface area contributed by atoms with Crippen LogP contribution in [0.5, 0.6) is 0 Å². The molecule has 35 heavy (non-hydrogen) atoms. The van der Waals surface area contributed by atoms with Crippen LogP contribution in [0.25, 0.3) is 0 Å². The molecule has 4 amide bonds. The van der Waals surface area contributed by atoms with E-state index in [0.717, 1.165) is 70.6 Å². The summed E-state index contributed by atoms with van der Waals surface area (Å²) in [4.78, 5) is 73.6. The first-order valence-corrected chi connectivity index (χ1v) is 12.7. The first-order chi connectivity index (χ1) is 17.1. The number of aliphatic imine (C=N–C) groups is 3.